The lowest BCUT2D eigenvalue weighted by Crippen LogP contribution is -2.45. The first kappa shape index (κ1) is 9.97. The van der Waals surface area contributed by atoms with Gasteiger partial charge in [-0.15, -0.1) is 0 Å². The highest BCUT2D eigenvalue weighted by atomic mass is 16.3. The first-order valence-corrected chi connectivity index (χ1v) is 5.61. The SMILES string of the molecule is C[C@@H]1C[C@H](O)CN(C(=O)CC2CC2)C1. The molecule has 2 rings (SSSR count). The maximum absolute atomic E-state index is 11.8. The lowest BCUT2D eigenvalue weighted by atomic mass is 9.97. The van der Waals surface area contributed by atoms with E-state index in [-0.39, 0.29) is 12.0 Å². The molecule has 80 valence electrons. The van der Waals surface area contributed by atoms with Gasteiger partial charge in [0.15, 0.2) is 0 Å². The summed E-state index contributed by atoms with van der Waals surface area (Å²) in [5.41, 5.74) is 0. The van der Waals surface area contributed by atoms with Gasteiger partial charge in [0.1, 0.15) is 0 Å². The molecule has 1 saturated heterocycles. The van der Waals surface area contributed by atoms with Crippen molar-refractivity contribution in [3.05, 3.63) is 0 Å². The van der Waals surface area contributed by atoms with Crippen molar-refractivity contribution in [1.82, 2.24) is 4.90 Å². The first-order chi connectivity index (χ1) is 6.65. The monoisotopic (exact) mass is 197 g/mol. The molecule has 0 bridgehead atoms. The number of amides is 1. The molecule has 1 aliphatic heterocycles. The van der Waals surface area contributed by atoms with Crippen molar-refractivity contribution in [3.8, 4) is 0 Å². The van der Waals surface area contributed by atoms with Crippen LogP contribution < -0.4 is 0 Å². The molecule has 2 atom stereocenters. The third kappa shape index (κ3) is 2.47. The number of hydrogen-bond donors (Lipinski definition) is 1. The van der Waals surface area contributed by atoms with Gasteiger partial charge in [-0.25, -0.2) is 0 Å². The van der Waals surface area contributed by atoms with E-state index < -0.39 is 0 Å². The highest BCUT2D eigenvalue weighted by Gasteiger charge is 2.30. The van der Waals surface area contributed by atoms with Crippen molar-refractivity contribution in [1.29, 1.82) is 0 Å². The number of hydrogen-bond acceptors (Lipinski definition) is 2. The Morgan fingerprint density at radius 1 is 1.43 bits per heavy atom. The third-order valence-corrected chi connectivity index (χ3v) is 3.15. The Bertz CT molecular complexity index is 215. The maximum atomic E-state index is 11.8. The smallest absolute Gasteiger partial charge is 0.222 e. The predicted molar refractivity (Wildman–Crippen MR) is 53.7 cm³/mol. The van der Waals surface area contributed by atoms with E-state index in [1.54, 1.807) is 0 Å². The number of piperidine rings is 1. The molecule has 0 unspecified atom stereocenters. The van der Waals surface area contributed by atoms with Crippen molar-refractivity contribution < 1.29 is 9.90 Å². The highest BCUT2D eigenvalue weighted by molar-refractivity contribution is 5.76. The van der Waals surface area contributed by atoms with Crippen molar-refractivity contribution >= 4 is 5.91 Å². The van der Waals surface area contributed by atoms with Gasteiger partial charge in [0, 0.05) is 19.5 Å². The lowest BCUT2D eigenvalue weighted by molar-refractivity contribution is -0.135. The van der Waals surface area contributed by atoms with Crippen LogP contribution in [-0.4, -0.2) is 35.1 Å². The second kappa shape index (κ2) is 3.89. The molecule has 0 aromatic carbocycles. The Morgan fingerprint density at radius 3 is 2.71 bits per heavy atom. The van der Waals surface area contributed by atoms with E-state index in [1.807, 2.05) is 4.90 Å². The van der Waals surface area contributed by atoms with E-state index in [0.29, 0.717) is 24.8 Å². The molecule has 3 nitrogen and oxygen atoms in total. The Kier molecular flexibility index (Phi) is 2.77. The average Bonchev–Trinajstić information content (AvgIpc) is 2.86. The van der Waals surface area contributed by atoms with Gasteiger partial charge in [0.2, 0.25) is 5.91 Å². The van der Waals surface area contributed by atoms with Gasteiger partial charge < -0.3 is 10.0 Å². The molecule has 0 aromatic heterocycles. The summed E-state index contributed by atoms with van der Waals surface area (Å²) in [4.78, 5) is 13.6. The maximum Gasteiger partial charge on any atom is 0.222 e. The van der Waals surface area contributed by atoms with Gasteiger partial charge >= 0.3 is 0 Å². The molecular weight excluding hydrogens is 178 g/mol. The number of β-amino-alcohol motifs (C(OH)–C–C–N with tert-alkyl or cyclic N) is 1. The van der Waals surface area contributed by atoms with Gasteiger partial charge in [-0.2, -0.15) is 0 Å². The molecule has 1 aliphatic carbocycles. The molecule has 0 radical (unpaired) electrons. The van der Waals surface area contributed by atoms with Crippen LogP contribution >= 0.6 is 0 Å². The van der Waals surface area contributed by atoms with E-state index in [0.717, 1.165) is 13.0 Å². The fraction of sp³-hybridized carbons (Fsp3) is 0.909. The summed E-state index contributed by atoms with van der Waals surface area (Å²) in [6, 6.07) is 0. The second-order valence-corrected chi connectivity index (χ2v) is 4.94. The predicted octanol–water partition coefficient (Wildman–Crippen LogP) is 1.02. The van der Waals surface area contributed by atoms with Crippen LogP contribution in [0, 0.1) is 11.8 Å². The molecule has 0 aromatic rings. The van der Waals surface area contributed by atoms with E-state index in [1.165, 1.54) is 12.8 Å². The van der Waals surface area contributed by atoms with Crippen LogP contribution in [0.15, 0.2) is 0 Å². The van der Waals surface area contributed by atoms with Crippen LogP contribution in [0.2, 0.25) is 0 Å². The number of carbonyl (C=O) groups is 1. The molecule has 1 heterocycles. The van der Waals surface area contributed by atoms with Crippen molar-refractivity contribution in [2.45, 2.75) is 38.7 Å². The Balaban J connectivity index is 1.85. The molecule has 2 aliphatic rings. The first-order valence-electron chi connectivity index (χ1n) is 5.61. The zero-order chi connectivity index (χ0) is 10.1. The minimum Gasteiger partial charge on any atom is -0.391 e. The summed E-state index contributed by atoms with van der Waals surface area (Å²) in [7, 11) is 0. The standard InChI is InChI=1S/C11H19NO2/c1-8-4-10(13)7-12(6-8)11(14)5-9-2-3-9/h8-10,13H,2-7H2,1H3/t8-,10+/m1/s1. The molecule has 0 spiro atoms. The molecule has 1 N–H and O–H groups in total. The Morgan fingerprint density at radius 2 is 2.14 bits per heavy atom. The van der Waals surface area contributed by atoms with Gasteiger partial charge in [-0.05, 0) is 31.1 Å². The molecular formula is C11H19NO2. The number of aliphatic hydroxyl groups excluding tert-OH is 1. The van der Waals surface area contributed by atoms with Crippen molar-refractivity contribution in [2.24, 2.45) is 11.8 Å². The Hall–Kier alpha value is -0.570. The van der Waals surface area contributed by atoms with Crippen LogP contribution in [0.4, 0.5) is 0 Å². The molecule has 3 heteroatoms. The minimum absolute atomic E-state index is 0.248. The summed E-state index contributed by atoms with van der Waals surface area (Å²) >= 11 is 0. The zero-order valence-electron chi connectivity index (χ0n) is 8.78. The van der Waals surface area contributed by atoms with Crippen LogP contribution in [0.5, 0.6) is 0 Å². The van der Waals surface area contributed by atoms with E-state index in [4.69, 9.17) is 0 Å². The van der Waals surface area contributed by atoms with Gasteiger partial charge in [-0.1, -0.05) is 6.92 Å². The fourth-order valence-electron chi connectivity index (χ4n) is 2.22. The van der Waals surface area contributed by atoms with E-state index in [9.17, 15) is 9.90 Å². The van der Waals surface area contributed by atoms with Crippen LogP contribution in [0.1, 0.15) is 32.6 Å². The van der Waals surface area contributed by atoms with Gasteiger partial charge in [-0.3, -0.25) is 4.79 Å². The van der Waals surface area contributed by atoms with Crippen molar-refractivity contribution in [2.75, 3.05) is 13.1 Å². The average molecular weight is 197 g/mol. The van der Waals surface area contributed by atoms with Crippen molar-refractivity contribution in [3.63, 3.8) is 0 Å². The number of rotatable bonds is 2. The summed E-state index contributed by atoms with van der Waals surface area (Å²) in [6.07, 6.45) is 3.68. The topological polar surface area (TPSA) is 40.5 Å². The summed E-state index contributed by atoms with van der Waals surface area (Å²) in [5.74, 6) is 1.34. The summed E-state index contributed by atoms with van der Waals surface area (Å²) < 4.78 is 0. The van der Waals surface area contributed by atoms with Crippen LogP contribution in [0.3, 0.4) is 0 Å². The van der Waals surface area contributed by atoms with Crippen LogP contribution in [0.25, 0.3) is 0 Å². The normalized spacial score (nSPS) is 33.1. The summed E-state index contributed by atoms with van der Waals surface area (Å²) in [5, 5.41) is 9.55. The van der Waals surface area contributed by atoms with Gasteiger partial charge in [0.05, 0.1) is 6.10 Å². The lowest BCUT2D eigenvalue weighted by Gasteiger charge is -2.34. The van der Waals surface area contributed by atoms with Gasteiger partial charge in [0.25, 0.3) is 0 Å². The molecule has 1 amide bonds. The highest BCUT2D eigenvalue weighted by Crippen LogP contribution is 2.33. The second-order valence-electron chi connectivity index (χ2n) is 4.94. The minimum atomic E-state index is -0.304. The quantitative estimate of drug-likeness (QED) is 0.718. The number of nitrogens with zero attached hydrogens (tertiary/aromatic N) is 1. The summed E-state index contributed by atoms with van der Waals surface area (Å²) in [6.45, 7) is 3.48. The molecule has 2 fully saturated rings. The van der Waals surface area contributed by atoms with E-state index in [2.05, 4.69) is 6.92 Å². The van der Waals surface area contributed by atoms with Crippen LogP contribution in [-0.2, 0) is 4.79 Å². The molecule has 1 saturated carbocycles. The fourth-order valence-corrected chi connectivity index (χ4v) is 2.22. The largest absolute Gasteiger partial charge is 0.391 e. The van der Waals surface area contributed by atoms with E-state index >= 15 is 0 Å². The number of likely N-dealkylation sites (tertiary alicyclic amines) is 1. The molecule has 14 heavy (non-hydrogen) atoms. The zero-order valence-corrected chi connectivity index (χ0v) is 8.78. The number of aliphatic hydroxyl groups is 1. The number of carbonyl (C=O) groups excluding carboxylic acids is 1. The Labute approximate surface area is 85.1 Å². The third-order valence-electron chi connectivity index (χ3n) is 3.15.